The summed E-state index contributed by atoms with van der Waals surface area (Å²) < 4.78 is 30.7. The molecule has 2 amide bonds. The molecule has 1 unspecified atom stereocenters. The van der Waals surface area contributed by atoms with Crippen molar-refractivity contribution in [2.24, 2.45) is 11.5 Å². The molecule has 0 heterocycles. The smallest absolute Gasteiger partial charge is 0.294 e. The Balaban J connectivity index is 2.65. The van der Waals surface area contributed by atoms with Crippen molar-refractivity contribution in [3.05, 3.63) is 24.3 Å². The predicted molar refractivity (Wildman–Crippen MR) is 71.3 cm³/mol. The zero-order valence-electron chi connectivity index (χ0n) is 10.4. The average Bonchev–Trinajstić information content (AvgIpc) is 2.35. The van der Waals surface area contributed by atoms with Crippen molar-refractivity contribution in [3.63, 3.8) is 0 Å². The minimum absolute atomic E-state index is 0.0415. The first-order chi connectivity index (χ1) is 9.20. The monoisotopic (exact) mass is 301 g/mol. The van der Waals surface area contributed by atoms with Gasteiger partial charge in [-0.3, -0.25) is 14.1 Å². The zero-order valence-corrected chi connectivity index (χ0v) is 11.3. The first-order valence-corrected chi connectivity index (χ1v) is 7.06. The molecule has 8 nitrogen and oxygen atoms in total. The summed E-state index contributed by atoms with van der Waals surface area (Å²) in [7, 11) is -4.33. The molecule has 0 aliphatic rings. The molecule has 0 saturated carbocycles. The summed E-state index contributed by atoms with van der Waals surface area (Å²) in [6, 6.07) is 4.22. The molecule has 0 aliphatic carbocycles. The zero-order chi connectivity index (χ0) is 15.3. The molecule has 9 heteroatoms. The number of carbonyl (C=O) groups excluding carboxylic acids is 2. The lowest BCUT2D eigenvalue weighted by molar-refractivity contribution is -0.119. The van der Waals surface area contributed by atoms with Crippen molar-refractivity contribution >= 4 is 27.6 Å². The van der Waals surface area contributed by atoms with E-state index in [4.69, 9.17) is 16.0 Å². The van der Waals surface area contributed by atoms with E-state index in [1.165, 1.54) is 18.2 Å². The summed E-state index contributed by atoms with van der Waals surface area (Å²) >= 11 is 0. The standard InChI is InChI=1S/C11H15N3O5S/c12-9(11(13)16)4-5-10(15)14-7-2-1-3-8(6-7)20(17,18)19/h1-3,6,9H,4-5,12H2,(H2,13,16)(H,14,15)(H,17,18,19). The molecule has 110 valence electrons. The third-order valence-electron chi connectivity index (χ3n) is 2.46. The highest BCUT2D eigenvalue weighted by Gasteiger charge is 2.13. The van der Waals surface area contributed by atoms with Crippen molar-refractivity contribution in [1.29, 1.82) is 0 Å². The molecule has 0 bridgehead atoms. The summed E-state index contributed by atoms with van der Waals surface area (Å²) in [5.74, 6) is -1.15. The van der Waals surface area contributed by atoms with Crippen LogP contribution in [0.1, 0.15) is 12.8 Å². The lowest BCUT2D eigenvalue weighted by Crippen LogP contribution is -2.37. The highest BCUT2D eigenvalue weighted by molar-refractivity contribution is 7.85. The van der Waals surface area contributed by atoms with Gasteiger partial charge in [0.25, 0.3) is 10.1 Å². The Morgan fingerprint density at radius 3 is 2.55 bits per heavy atom. The highest BCUT2D eigenvalue weighted by Crippen LogP contribution is 2.15. The van der Waals surface area contributed by atoms with Crippen molar-refractivity contribution in [2.75, 3.05) is 5.32 Å². The summed E-state index contributed by atoms with van der Waals surface area (Å²) in [5.41, 5.74) is 10.5. The van der Waals surface area contributed by atoms with Gasteiger partial charge in [-0.25, -0.2) is 0 Å². The van der Waals surface area contributed by atoms with E-state index in [1.54, 1.807) is 0 Å². The molecule has 0 fully saturated rings. The third kappa shape index (κ3) is 4.96. The van der Waals surface area contributed by atoms with Crippen LogP contribution in [-0.2, 0) is 19.7 Å². The molecule has 6 N–H and O–H groups in total. The van der Waals surface area contributed by atoms with Gasteiger partial charge in [0.15, 0.2) is 0 Å². The van der Waals surface area contributed by atoms with Crippen molar-refractivity contribution in [1.82, 2.24) is 0 Å². The summed E-state index contributed by atoms with van der Waals surface area (Å²) in [5, 5.41) is 2.43. The molecular weight excluding hydrogens is 286 g/mol. The molecule has 1 atom stereocenters. The van der Waals surface area contributed by atoms with E-state index in [9.17, 15) is 18.0 Å². The minimum Gasteiger partial charge on any atom is -0.368 e. The molecule has 0 spiro atoms. The first-order valence-electron chi connectivity index (χ1n) is 5.62. The van der Waals surface area contributed by atoms with Crippen LogP contribution in [0.25, 0.3) is 0 Å². The van der Waals surface area contributed by atoms with Gasteiger partial charge in [-0.1, -0.05) is 6.07 Å². The lowest BCUT2D eigenvalue weighted by atomic mass is 10.1. The second-order valence-electron chi connectivity index (χ2n) is 4.10. The van der Waals surface area contributed by atoms with E-state index in [0.717, 1.165) is 6.07 Å². The number of primary amides is 1. The van der Waals surface area contributed by atoms with Crippen LogP contribution < -0.4 is 16.8 Å². The van der Waals surface area contributed by atoms with Crippen LogP contribution in [0.15, 0.2) is 29.2 Å². The lowest BCUT2D eigenvalue weighted by Gasteiger charge is -2.08. The number of anilines is 1. The van der Waals surface area contributed by atoms with Gasteiger partial charge in [-0.2, -0.15) is 8.42 Å². The Morgan fingerprint density at radius 1 is 1.35 bits per heavy atom. The third-order valence-corrected chi connectivity index (χ3v) is 3.31. The van der Waals surface area contributed by atoms with Crippen LogP contribution in [0.5, 0.6) is 0 Å². The van der Waals surface area contributed by atoms with E-state index in [0.29, 0.717) is 0 Å². The molecule has 0 aromatic heterocycles. The number of carbonyl (C=O) groups is 2. The molecule has 1 aromatic rings. The number of hydrogen-bond donors (Lipinski definition) is 4. The van der Waals surface area contributed by atoms with Gasteiger partial charge >= 0.3 is 0 Å². The molecule has 1 aromatic carbocycles. The maximum atomic E-state index is 11.6. The van der Waals surface area contributed by atoms with Gasteiger partial charge in [-0.15, -0.1) is 0 Å². The number of benzene rings is 1. The van der Waals surface area contributed by atoms with E-state index < -0.39 is 28.0 Å². The SMILES string of the molecule is NC(=O)C(N)CCC(=O)Nc1cccc(S(=O)(=O)O)c1. The maximum absolute atomic E-state index is 11.6. The Kier molecular flexibility index (Phi) is 5.19. The quantitative estimate of drug-likeness (QED) is 0.518. The van der Waals surface area contributed by atoms with Gasteiger partial charge in [-0.05, 0) is 24.6 Å². The van der Waals surface area contributed by atoms with Crippen LogP contribution in [0, 0.1) is 0 Å². The number of amides is 2. The number of hydrogen-bond acceptors (Lipinski definition) is 5. The number of rotatable bonds is 6. The first kappa shape index (κ1) is 16.1. The molecule has 20 heavy (non-hydrogen) atoms. The molecule has 1 rings (SSSR count). The van der Waals surface area contributed by atoms with E-state index in [-0.39, 0.29) is 23.4 Å². The van der Waals surface area contributed by atoms with Gasteiger partial charge in [0.05, 0.1) is 10.9 Å². The van der Waals surface area contributed by atoms with E-state index >= 15 is 0 Å². The fraction of sp³-hybridized carbons (Fsp3) is 0.273. The number of nitrogens with two attached hydrogens (primary N) is 2. The fourth-order valence-electron chi connectivity index (χ4n) is 1.39. The van der Waals surface area contributed by atoms with Crippen molar-refractivity contribution in [3.8, 4) is 0 Å². The van der Waals surface area contributed by atoms with Crippen molar-refractivity contribution < 1.29 is 22.6 Å². The molecule has 0 aliphatic heterocycles. The van der Waals surface area contributed by atoms with Gasteiger partial charge in [0, 0.05) is 12.1 Å². The molecular formula is C11H15N3O5S. The minimum atomic E-state index is -4.33. The van der Waals surface area contributed by atoms with E-state index in [1.807, 2.05) is 0 Å². The van der Waals surface area contributed by atoms with Crippen LogP contribution >= 0.6 is 0 Å². The topological polar surface area (TPSA) is 153 Å². The van der Waals surface area contributed by atoms with E-state index in [2.05, 4.69) is 5.32 Å². The Morgan fingerprint density at radius 2 is 2.00 bits per heavy atom. The van der Waals surface area contributed by atoms with Crippen LogP contribution in [0.2, 0.25) is 0 Å². The molecule has 0 saturated heterocycles. The Bertz CT molecular complexity index is 614. The summed E-state index contributed by atoms with van der Waals surface area (Å²) in [6.07, 6.45) is 0.0410. The van der Waals surface area contributed by atoms with Crippen molar-refractivity contribution in [2.45, 2.75) is 23.8 Å². The number of nitrogens with one attached hydrogen (secondary N) is 1. The predicted octanol–water partition coefficient (Wildman–Crippen LogP) is -0.535. The summed E-state index contributed by atoms with van der Waals surface area (Å²) in [6.45, 7) is 0. The van der Waals surface area contributed by atoms with Crippen LogP contribution in [-0.4, -0.2) is 30.8 Å². The van der Waals surface area contributed by atoms with Gasteiger partial charge in [0.1, 0.15) is 0 Å². The second kappa shape index (κ2) is 6.46. The second-order valence-corrected chi connectivity index (χ2v) is 5.52. The van der Waals surface area contributed by atoms with Crippen LogP contribution in [0.4, 0.5) is 5.69 Å². The average molecular weight is 301 g/mol. The van der Waals surface area contributed by atoms with Gasteiger partial charge < -0.3 is 16.8 Å². The Hall–Kier alpha value is -1.97. The normalized spacial score (nSPS) is 12.7. The molecule has 0 radical (unpaired) electrons. The highest BCUT2D eigenvalue weighted by atomic mass is 32.2. The fourth-order valence-corrected chi connectivity index (χ4v) is 1.91. The largest absolute Gasteiger partial charge is 0.368 e. The summed E-state index contributed by atoms with van der Waals surface area (Å²) in [4.78, 5) is 21.9. The van der Waals surface area contributed by atoms with Crippen LogP contribution in [0.3, 0.4) is 0 Å². The maximum Gasteiger partial charge on any atom is 0.294 e. The Labute approximate surface area is 115 Å². The van der Waals surface area contributed by atoms with Gasteiger partial charge in [0.2, 0.25) is 11.8 Å².